The second kappa shape index (κ2) is 9.01. The van der Waals surface area contributed by atoms with Crippen molar-refractivity contribution in [2.24, 2.45) is 0 Å². The number of amides is 1. The van der Waals surface area contributed by atoms with Crippen LogP contribution in [0.1, 0.15) is 5.56 Å². The quantitative estimate of drug-likeness (QED) is 0.616. The lowest BCUT2D eigenvalue weighted by Gasteiger charge is -2.19. The first kappa shape index (κ1) is 20.1. The van der Waals surface area contributed by atoms with Gasteiger partial charge < -0.3 is 5.32 Å². The third kappa shape index (κ3) is 5.42. The van der Waals surface area contributed by atoms with Gasteiger partial charge in [-0.15, -0.1) is 0 Å². The summed E-state index contributed by atoms with van der Waals surface area (Å²) in [6, 6.07) is 22.9. The molecule has 0 aliphatic rings. The summed E-state index contributed by atoms with van der Waals surface area (Å²) in [6.07, 6.45) is 0.215. The van der Waals surface area contributed by atoms with Gasteiger partial charge in [-0.1, -0.05) is 60.1 Å². The molecule has 3 aromatic rings. The molecule has 28 heavy (non-hydrogen) atoms. The predicted octanol–water partition coefficient (Wildman–Crippen LogP) is 3.87. The minimum absolute atomic E-state index is 0.0440. The van der Waals surface area contributed by atoms with E-state index >= 15 is 0 Å². The van der Waals surface area contributed by atoms with Gasteiger partial charge in [-0.05, 0) is 48.4 Å². The molecule has 0 saturated carbocycles. The Hall–Kier alpha value is -2.67. The van der Waals surface area contributed by atoms with Gasteiger partial charge in [0.25, 0.3) is 0 Å². The van der Waals surface area contributed by atoms with Crippen LogP contribution >= 0.6 is 11.6 Å². The molecule has 3 aromatic carbocycles. The summed E-state index contributed by atoms with van der Waals surface area (Å²) < 4.78 is 28.0. The summed E-state index contributed by atoms with van der Waals surface area (Å²) in [7, 11) is -3.90. The Labute approximate surface area is 169 Å². The van der Waals surface area contributed by atoms with Crippen LogP contribution < -0.4 is 10.0 Å². The molecule has 0 saturated heterocycles. The Balaban J connectivity index is 1.84. The van der Waals surface area contributed by atoms with E-state index in [0.717, 1.165) is 5.56 Å². The van der Waals surface area contributed by atoms with E-state index in [2.05, 4.69) is 10.0 Å². The maximum absolute atomic E-state index is 12.8. The summed E-state index contributed by atoms with van der Waals surface area (Å²) >= 11 is 5.84. The molecule has 0 fully saturated rings. The molecule has 5 nitrogen and oxygen atoms in total. The minimum Gasteiger partial charge on any atom is -0.325 e. The molecule has 144 valence electrons. The first-order valence-electron chi connectivity index (χ1n) is 8.62. The zero-order valence-electron chi connectivity index (χ0n) is 14.9. The highest BCUT2D eigenvalue weighted by atomic mass is 35.5. The van der Waals surface area contributed by atoms with Crippen molar-refractivity contribution in [1.82, 2.24) is 4.72 Å². The zero-order valence-corrected chi connectivity index (χ0v) is 16.5. The summed E-state index contributed by atoms with van der Waals surface area (Å²) in [5.41, 5.74) is 1.44. The number of hydrogen-bond donors (Lipinski definition) is 2. The van der Waals surface area contributed by atoms with Crippen LogP contribution in [0, 0.1) is 0 Å². The van der Waals surface area contributed by atoms with E-state index in [1.165, 1.54) is 24.3 Å². The van der Waals surface area contributed by atoms with Gasteiger partial charge in [-0.3, -0.25) is 4.79 Å². The Kier molecular flexibility index (Phi) is 6.46. The lowest BCUT2D eigenvalue weighted by molar-refractivity contribution is -0.117. The van der Waals surface area contributed by atoms with Crippen LogP contribution in [0.5, 0.6) is 0 Å². The first-order chi connectivity index (χ1) is 13.4. The molecule has 0 heterocycles. The molecule has 1 amide bonds. The van der Waals surface area contributed by atoms with Crippen LogP contribution in [0.3, 0.4) is 0 Å². The van der Waals surface area contributed by atoms with E-state index in [1.807, 2.05) is 36.4 Å². The summed E-state index contributed by atoms with van der Waals surface area (Å²) in [5, 5.41) is 3.19. The fourth-order valence-corrected chi connectivity index (χ4v) is 3.98. The number of nitrogens with one attached hydrogen (secondary N) is 2. The largest absolute Gasteiger partial charge is 0.325 e. The molecule has 0 bridgehead atoms. The monoisotopic (exact) mass is 414 g/mol. The molecular weight excluding hydrogens is 396 g/mol. The Morgan fingerprint density at radius 3 is 2.04 bits per heavy atom. The molecule has 0 aliphatic heterocycles. The van der Waals surface area contributed by atoms with Gasteiger partial charge in [-0.2, -0.15) is 4.72 Å². The third-order valence-electron chi connectivity index (χ3n) is 4.06. The normalized spacial score (nSPS) is 12.3. The standard InChI is InChI=1S/C21H19ClN2O3S/c22-17-11-13-19(14-12-17)28(26,27)24-20(15-16-7-3-1-4-8-16)21(25)23-18-9-5-2-6-10-18/h1-14,20,24H,15H2,(H,23,25). The summed E-state index contributed by atoms with van der Waals surface area (Å²) in [5.74, 6) is -0.437. The summed E-state index contributed by atoms with van der Waals surface area (Å²) in [6.45, 7) is 0. The summed E-state index contributed by atoms with van der Waals surface area (Å²) in [4.78, 5) is 12.9. The van der Waals surface area contributed by atoms with Crippen LogP contribution in [0.25, 0.3) is 0 Å². The zero-order chi connectivity index (χ0) is 20.0. The fourth-order valence-electron chi connectivity index (χ4n) is 2.66. The van der Waals surface area contributed by atoms with Crippen LogP contribution in [0.15, 0.2) is 89.8 Å². The molecule has 0 radical (unpaired) electrons. The van der Waals surface area contributed by atoms with Gasteiger partial charge in [0.1, 0.15) is 6.04 Å². The molecule has 1 unspecified atom stereocenters. The van der Waals surface area contributed by atoms with Crippen molar-refractivity contribution in [1.29, 1.82) is 0 Å². The highest BCUT2D eigenvalue weighted by Gasteiger charge is 2.26. The van der Waals surface area contributed by atoms with Gasteiger partial charge in [0, 0.05) is 10.7 Å². The third-order valence-corrected chi connectivity index (χ3v) is 5.80. The molecule has 7 heteroatoms. The average Bonchev–Trinajstić information content (AvgIpc) is 2.69. The number of sulfonamides is 1. The van der Waals surface area contributed by atoms with Crippen LogP contribution in [-0.4, -0.2) is 20.4 Å². The van der Waals surface area contributed by atoms with Gasteiger partial charge in [0.2, 0.25) is 15.9 Å². The van der Waals surface area contributed by atoms with Crippen molar-refractivity contribution in [3.05, 3.63) is 95.5 Å². The fraction of sp³-hybridized carbons (Fsp3) is 0.0952. The molecule has 0 aliphatic carbocycles. The van der Waals surface area contributed by atoms with Crippen molar-refractivity contribution in [2.75, 3.05) is 5.32 Å². The number of benzene rings is 3. The van der Waals surface area contributed by atoms with Crippen LogP contribution in [-0.2, 0) is 21.2 Å². The number of carbonyl (C=O) groups is 1. The molecule has 0 spiro atoms. The van der Waals surface area contributed by atoms with Crippen molar-refractivity contribution in [3.63, 3.8) is 0 Å². The van der Waals surface area contributed by atoms with Gasteiger partial charge in [-0.25, -0.2) is 8.42 Å². The van der Waals surface area contributed by atoms with E-state index in [4.69, 9.17) is 11.6 Å². The smallest absolute Gasteiger partial charge is 0.242 e. The van der Waals surface area contributed by atoms with E-state index in [-0.39, 0.29) is 11.3 Å². The van der Waals surface area contributed by atoms with Crippen molar-refractivity contribution >= 4 is 33.2 Å². The van der Waals surface area contributed by atoms with E-state index in [1.54, 1.807) is 24.3 Å². The predicted molar refractivity (Wildman–Crippen MR) is 111 cm³/mol. The van der Waals surface area contributed by atoms with Crippen molar-refractivity contribution < 1.29 is 13.2 Å². The number of rotatable bonds is 7. The van der Waals surface area contributed by atoms with Gasteiger partial charge in [0.05, 0.1) is 4.90 Å². The van der Waals surface area contributed by atoms with Crippen LogP contribution in [0.2, 0.25) is 5.02 Å². The topological polar surface area (TPSA) is 75.3 Å². The maximum atomic E-state index is 12.8. The van der Waals surface area contributed by atoms with Crippen molar-refractivity contribution in [3.8, 4) is 0 Å². The highest BCUT2D eigenvalue weighted by molar-refractivity contribution is 7.89. The minimum atomic E-state index is -3.90. The second-order valence-corrected chi connectivity index (χ2v) is 8.32. The maximum Gasteiger partial charge on any atom is 0.242 e. The molecular formula is C21H19ClN2O3S. The Bertz CT molecular complexity index is 1020. The van der Waals surface area contributed by atoms with Crippen LogP contribution in [0.4, 0.5) is 5.69 Å². The SMILES string of the molecule is O=C(Nc1ccccc1)C(Cc1ccccc1)NS(=O)(=O)c1ccc(Cl)cc1. The molecule has 2 N–H and O–H groups in total. The number of hydrogen-bond acceptors (Lipinski definition) is 3. The van der Waals surface area contributed by atoms with E-state index < -0.39 is 22.0 Å². The molecule has 1 atom stereocenters. The van der Waals surface area contributed by atoms with E-state index in [9.17, 15) is 13.2 Å². The second-order valence-electron chi connectivity index (χ2n) is 6.17. The molecule has 0 aromatic heterocycles. The van der Waals surface area contributed by atoms with Gasteiger partial charge in [0.15, 0.2) is 0 Å². The number of carbonyl (C=O) groups excluding carboxylic acids is 1. The lowest BCUT2D eigenvalue weighted by atomic mass is 10.1. The average molecular weight is 415 g/mol. The van der Waals surface area contributed by atoms with Gasteiger partial charge >= 0.3 is 0 Å². The number of halogens is 1. The van der Waals surface area contributed by atoms with Crippen molar-refractivity contribution in [2.45, 2.75) is 17.4 Å². The number of para-hydroxylation sites is 1. The Morgan fingerprint density at radius 1 is 0.857 bits per heavy atom. The molecule has 3 rings (SSSR count). The first-order valence-corrected chi connectivity index (χ1v) is 10.5. The number of anilines is 1. The highest BCUT2D eigenvalue weighted by Crippen LogP contribution is 2.16. The van der Waals surface area contributed by atoms with E-state index in [0.29, 0.717) is 10.7 Å². The lowest BCUT2D eigenvalue weighted by Crippen LogP contribution is -2.45. The Morgan fingerprint density at radius 2 is 1.43 bits per heavy atom.